The van der Waals surface area contributed by atoms with Gasteiger partial charge in [0.1, 0.15) is 0 Å². The van der Waals surface area contributed by atoms with E-state index >= 15 is 0 Å². The van der Waals surface area contributed by atoms with Gasteiger partial charge in [-0.15, -0.1) is 0 Å². The van der Waals surface area contributed by atoms with Gasteiger partial charge in [-0.2, -0.15) is 0 Å². The van der Waals surface area contributed by atoms with Crippen molar-refractivity contribution in [3.05, 3.63) is 0 Å². The summed E-state index contributed by atoms with van der Waals surface area (Å²) in [4.78, 5) is 2.56. The van der Waals surface area contributed by atoms with Crippen LogP contribution in [-0.2, 0) is 4.74 Å². The smallest absolute Gasteiger partial charge is 0.0594 e. The number of morpholine rings is 1. The molecule has 2 fully saturated rings. The van der Waals surface area contributed by atoms with Crippen LogP contribution in [0.4, 0.5) is 0 Å². The van der Waals surface area contributed by atoms with Crippen LogP contribution in [0.25, 0.3) is 0 Å². The lowest BCUT2D eigenvalue weighted by Crippen LogP contribution is -2.50. The Kier molecular flexibility index (Phi) is 4.42. The Bertz CT molecular complexity index is 156. The van der Waals surface area contributed by atoms with Crippen molar-refractivity contribution in [1.29, 1.82) is 0 Å². The van der Waals surface area contributed by atoms with Crippen molar-refractivity contribution >= 4 is 0 Å². The van der Waals surface area contributed by atoms with Gasteiger partial charge in [0, 0.05) is 25.7 Å². The monoisotopic (exact) mass is 212 g/mol. The summed E-state index contributed by atoms with van der Waals surface area (Å²) < 4.78 is 5.40. The summed E-state index contributed by atoms with van der Waals surface area (Å²) in [6.07, 6.45) is 7.02. The molecule has 15 heavy (non-hydrogen) atoms. The van der Waals surface area contributed by atoms with Crippen LogP contribution < -0.4 is 5.73 Å². The van der Waals surface area contributed by atoms with Crippen molar-refractivity contribution in [2.45, 2.75) is 38.1 Å². The lowest BCUT2D eigenvalue weighted by Gasteiger charge is -2.40. The van der Waals surface area contributed by atoms with Crippen molar-refractivity contribution in [2.75, 3.05) is 32.8 Å². The lowest BCUT2D eigenvalue weighted by molar-refractivity contribution is 0.000289. The van der Waals surface area contributed by atoms with Crippen LogP contribution >= 0.6 is 0 Å². The van der Waals surface area contributed by atoms with E-state index in [0.29, 0.717) is 6.04 Å². The van der Waals surface area contributed by atoms with Gasteiger partial charge in [0.05, 0.1) is 13.2 Å². The molecule has 0 radical (unpaired) electrons. The average molecular weight is 212 g/mol. The molecule has 1 saturated carbocycles. The van der Waals surface area contributed by atoms with E-state index in [9.17, 15) is 0 Å². The lowest BCUT2D eigenvalue weighted by atomic mass is 9.83. The van der Waals surface area contributed by atoms with Gasteiger partial charge in [-0.05, 0) is 18.8 Å². The second kappa shape index (κ2) is 5.83. The van der Waals surface area contributed by atoms with Crippen LogP contribution in [0.15, 0.2) is 0 Å². The first-order valence-electron chi connectivity index (χ1n) is 6.43. The van der Waals surface area contributed by atoms with Crippen LogP contribution in [0.5, 0.6) is 0 Å². The minimum atomic E-state index is 0.620. The summed E-state index contributed by atoms with van der Waals surface area (Å²) in [5.74, 6) is 0.849. The van der Waals surface area contributed by atoms with Gasteiger partial charge >= 0.3 is 0 Å². The number of ether oxygens (including phenoxy) is 1. The molecule has 0 spiro atoms. The predicted molar refractivity (Wildman–Crippen MR) is 61.8 cm³/mol. The summed E-state index contributed by atoms with van der Waals surface area (Å²) in [6, 6.07) is 0.620. The SMILES string of the molecule is NC[C@H](C1CCCCC1)N1CCOCC1. The molecule has 2 N–H and O–H groups in total. The molecule has 1 aliphatic carbocycles. The minimum Gasteiger partial charge on any atom is -0.379 e. The van der Waals surface area contributed by atoms with Crippen molar-refractivity contribution in [3.63, 3.8) is 0 Å². The molecule has 0 aromatic rings. The molecule has 0 aromatic carbocycles. The van der Waals surface area contributed by atoms with E-state index in [0.717, 1.165) is 38.8 Å². The molecule has 3 heteroatoms. The van der Waals surface area contributed by atoms with Gasteiger partial charge in [-0.3, -0.25) is 4.90 Å². The summed E-state index contributed by atoms with van der Waals surface area (Å²) >= 11 is 0. The Labute approximate surface area is 93.0 Å². The molecule has 88 valence electrons. The topological polar surface area (TPSA) is 38.5 Å². The highest BCUT2D eigenvalue weighted by Gasteiger charge is 2.28. The molecule has 0 amide bonds. The first kappa shape index (κ1) is 11.4. The molecule has 1 heterocycles. The van der Waals surface area contributed by atoms with E-state index in [4.69, 9.17) is 10.5 Å². The highest BCUT2D eigenvalue weighted by molar-refractivity contribution is 4.83. The third-order valence-electron chi connectivity index (χ3n) is 3.95. The van der Waals surface area contributed by atoms with Crippen molar-refractivity contribution in [3.8, 4) is 0 Å². The maximum Gasteiger partial charge on any atom is 0.0594 e. The zero-order valence-corrected chi connectivity index (χ0v) is 9.66. The fraction of sp³-hybridized carbons (Fsp3) is 1.00. The molecule has 3 nitrogen and oxygen atoms in total. The first-order chi connectivity index (χ1) is 7.42. The predicted octanol–water partition coefficient (Wildman–Crippen LogP) is 1.23. The quantitative estimate of drug-likeness (QED) is 0.764. The van der Waals surface area contributed by atoms with Gasteiger partial charge in [0.25, 0.3) is 0 Å². The van der Waals surface area contributed by atoms with Crippen molar-refractivity contribution in [1.82, 2.24) is 4.90 Å². The third kappa shape index (κ3) is 2.92. The Morgan fingerprint density at radius 2 is 1.80 bits per heavy atom. The number of hydrogen-bond donors (Lipinski definition) is 1. The van der Waals surface area contributed by atoms with E-state index in [1.165, 1.54) is 32.1 Å². The van der Waals surface area contributed by atoms with Crippen molar-refractivity contribution < 1.29 is 4.74 Å². The summed E-state index contributed by atoms with van der Waals surface area (Å²) in [5.41, 5.74) is 5.95. The highest BCUT2D eigenvalue weighted by Crippen LogP contribution is 2.28. The third-order valence-corrected chi connectivity index (χ3v) is 3.95. The van der Waals surface area contributed by atoms with Crippen LogP contribution in [0.2, 0.25) is 0 Å². The number of nitrogens with two attached hydrogens (primary N) is 1. The Hall–Kier alpha value is -0.120. The van der Waals surface area contributed by atoms with Crippen LogP contribution in [0.1, 0.15) is 32.1 Å². The zero-order chi connectivity index (χ0) is 10.5. The maximum absolute atomic E-state index is 5.95. The molecule has 1 saturated heterocycles. The molecule has 1 atom stereocenters. The number of nitrogens with zero attached hydrogens (tertiary/aromatic N) is 1. The maximum atomic E-state index is 5.95. The fourth-order valence-electron chi connectivity index (χ4n) is 3.07. The second-order valence-electron chi connectivity index (χ2n) is 4.85. The molecule has 2 rings (SSSR count). The fourth-order valence-corrected chi connectivity index (χ4v) is 3.07. The average Bonchev–Trinajstić information content (AvgIpc) is 2.33. The number of hydrogen-bond acceptors (Lipinski definition) is 3. The van der Waals surface area contributed by atoms with Crippen LogP contribution in [0, 0.1) is 5.92 Å². The zero-order valence-electron chi connectivity index (χ0n) is 9.66. The van der Waals surface area contributed by atoms with E-state index in [1.54, 1.807) is 0 Å². The largest absolute Gasteiger partial charge is 0.379 e. The first-order valence-corrected chi connectivity index (χ1v) is 6.43. The molecule has 1 aliphatic heterocycles. The van der Waals surface area contributed by atoms with Gasteiger partial charge < -0.3 is 10.5 Å². The minimum absolute atomic E-state index is 0.620. The second-order valence-corrected chi connectivity index (χ2v) is 4.85. The Balaban J connectivity index is 1.88. The normalized spacial score (nSPS) is 27.8. The summed E-state index contributed by atoms with van der Waals surface area (Å²) in [7, 11) is 0. The van der Waals surface area contributed by atoms with Crippen LogP contribution in [-0.4, -0.2) is 43.8 Å². The summed E-state index contributed by atoms with van der Waals surface area (Å²) in [6.45, 7) is 4.77. The van der Waals surface area contributed by atoms with Gasteiger partial charge in [0.2, 0.25) is 0 Å². The van der Waals surface area contributed by atoms with Crippen LogP contribution in [0.3, 0.4) is 0 Å². The Morgan fingerprint density at radius 3 is 2.40 bits per heavy atom. The van der Waals surface area contributed by atoms with Crippen molar-refractivity contribution in [2.24, 2.45) is 11.7 Å². The van der Waals surface area contributed by atoms with Gasteiger partial charge in [-0.1, -0.05) is 19.3 Å². The summed E-state index contributed by atoms with van der Waals surface area (Å²) in [5, 5.41) is 0. The highest BCUT2D eigenvalue weighted by atomic mass is 16.5. The van der Waals surface area contributed by atoms with E-state index in [-0.39, 0.29) is 0 Å². The molecule has 2 aliphatic rings. The molecular formula is C12H24N2O. The number of rotatable bonds is 3. The van der Waals surface area contributed by atoms with Gasteiger partial charge in [-0.25, -0.2) is 0 Å². The molecule has 0 bridgehead atoms. The van der Waals surface area contributed by atoms with Gasteiger partial charge in [0.15, 0.2) is 0 Å². The standard InChI is InChI=1S/C12H24N2O/c13-10-12(11-4-2-1-3-5-11)14-6-8-15-9-7-14/h11-12H,1-10,13H2/t12-/m1/s1. The van der Waals surface area contributed by atoms with E-state index in [1.807, 2.05) is 0 Å². The molecule has 0 unspecified atom stereocenters. The van der Waals surface area contributed by atoms with E-state index < -0.39 is 0 Å². The van der Waals surface area contributed by atoms with E-state index in [2.05, 4.69) is 4.90 Å². The molecule has 0 aromatic heterocycles. The Morgan fingerprint density at radius 1 is 1.13 bits per heavy atom. The molecular weight excluding hydrogens is 188 g/mol.